The summed E-state index contributed by atoms with van der Waals surface area (Å²) in [4.78, 5) is 22.1. The minimum absolute atomic E-state index is 0.138. The van der Waals surface area contributed by atoms with Crippen molar-refractivity contribution in [1.82, 2.24) is 14.8 Å². The number of likely N-dealkylation sites (tertiary alicyclic amines) is 1. The first-order valence-electron chi connectivity index (χ1n) is 11.3. The van der Waals surface area contributed by atoms with Crippen molar-refractivity contribution in [2.45, 2.75) is 64.3 Å². The van der Waals surface area contributed by atoms with E-state index in [0.717, 1.165) is 51.0 Å². The fourth-order valence-electron chi connectivity index (χ4n) is 4.87. The standard InChI is InChI=1S/C25H33N3O2/c1-19-16-27(17-20(2)30-19)18-21-7-9-23(10-8-21)25(29)28-15-5-3-4-6-24(28)22-11-13-26-14-12-22/h7-14,19-20,24H,3-6,15-18H2,1-2H3. The van der Waals surface area contributed by atoms with Gasteiger partial charge in [-0.15, -0.1) is 0 Å². The van der Waals surface area contributed by atoms with Crippen LogP contribution < -0.4 is 0 Å². The molecule has 0 aliphatic carbocycles. The zero-order valence-electron chi connectivity index (χ0n) is 18.2. The molecule has 3 atom stereocenters. The summed E-state index contributed by atoms with van der Waals surface area (Å²) in [5.41, 5.74) is 3.21. The van der Waals surface area contributed by atoms with Gasteiger partial charge in [0.2, 0.25) is 0 Å². The van der Waals surface area contributed by atoms with Gasteiger partial charge in [-0.2, -0.15) is 0 Å². The summed E-state index contributed by atoms with van der Waals surface area (Å²) >= 11 is 0. The monoisotopic (exact) mass is 407 g/mol. The number of hydrogen-bond donors (Lipinski definition) is 0. The Morgan fingerprint density at radius 2 is 1.70 bits per heavy atom. The molecule has 0 N–H and O–H groups in total. The molecule has 0 saturated carbocycles. The molecule has 0 radical (unpaired) electrons. The Labute approximate surface area is 180 Å². The average molecular weight is 408 g/mol. The zero-order chi connectivity index (χ0) is 20.9. The van der Waals surface area contributed by atoms with Crippen LogP contribution in [0.4, 0.5) is 0 Å². The number of rotatable bonds is 4. The molecule has 2 aliphatic rings. The number of morpholine rings is 1. The molecular formula is C25H33N3O2. The van der Waals surface area contributed by atoms with Crippen molar-refractivity contribution in [3.05, 3.63) is 65.5 Å². The highest BCUT2D eigenvalue weighted by Gasteiger charge is 2.28. The molecule has 30 heavy (non-hydrogen) atoms. The van der Waals surface area contributed by atoms with E-state index in [1.165, 1.54) is 17.5 Å². The Morgan fingerprint density at radius 1 is 1.00 bits per heavy atom. The van der Waals surface area contributed by atoms with E-state index in [9.17, 15) is 4.79 Å². The van der Waals surface area contributed by atoms with E-state index in [1.807, 2.05) is 36.7 Å². The average Bonchev–Trinajstić information content (AvgIpc) is 3.00. The molecule has 5 nitrogen and oxygen atoms in total. The number of amides is 1. The van der Waals surface area contributed by atoms with Crippen LogP contribution in [0, 0.1) is 0 Å². The van der Waals surface area contributed by atoms with Crippen molar-refractivity contribution < 1.29 is 9.53 Å². The zero-order valence-corrected chi connectivity index (χ0v) is 18.2. The molecule has 1 amide bonds. The van der Waals surface area contributed by atoms with Crippen LogP contribution in [0.15, 0.2) is 48.8 Å². The Morgan fingerprint density at radius 3 is 2.40 bits per heavy atom. The second kappa shape index (κ2) is 9.71. The third-order valence-electron chi connectivity index (χ3n) is 6.21. The van der Waals surface area contributed by atoms with Gasteiger partial charge in [-0.05, 0) is 62.1 Å². The first-order chi connectivity index (χ1) is 14.6. The third-order valence-corrected chi connectivity index (χ3v) is 6.21. The molecule has 0 bridgehead atoms. The molecule has 2 aliphatic heterocycles. The van der Waals surface area contributed by atoms with Crippen LogP contribution in [0.5, 0.6) is 0 Å². The van der Waals surface area contributed by atoms with Crippen LogP contribution in [-0.2, 0) is 11.3 Å². The smallest absolute Gasteiger partial charge is 0.254 e. The molecule has 2 aromatic rings. The number of aromatic nitrogens is 1. The summed E-state index contributed by atoms with van der Waals surface area (Å²) in [5.74, 6) is 0.138. The van der Waals surface area contributed by atoms with E-state index in [-0.39, 0.29) is 24.2 Å². The lowest BCUT2D eigenvalue weighted by molar-refractivity contribution is -0.0704. The molecule has 160 valence electrons. The van der Waals surface area contributed by atoms with Crippen molar-refractivity contribution >= 4 is 5.91 Å². The third kappa shape index (κ3) is 5.08. The van der Waals surface area contributed by atoms with E-state index in [4.69, 9.17) is 4.74 Å². The Hall–Kier alpha value is -2.24. The Kier molecular flexibility index (Phi) is 6.80. The second-order valence-corrected chi connectivity index (χ2v) is 8.79. The van der Waals surface area contributed by atoms with Gasteiger partial charge >= 0.3 is 0 Å². The van der Waals surface area contributed by atoms with Crippen LogP contribution in [-0.4, -0.2) is 52.5 Å². The second-order valence-electron chi connectivity index (χ2n) is 8.79. The topological polar surface area (TPSA) is 45.7 Å². The Balaban J connectivity index is 1.46. The number of hydrogen-bond acceptors (Lipinski definition) is 4. The number of benzene rings is 1. The molecule has 1 aromatic carbocycles. The van der Waals surface area contributed by atoms with E-state index in [0.29, 0.717) is 0 Å². The van der Waals surface area contributed by atoms with Crippen molar-refractivity contribution in [3.63, 3.8) is 0 Å². The minimum Gasteiger partial charge on any atom is -0.373 e. The predicted molar refractivity (Wildman–Crippen MR) is 118 cm³/mol. The lowest BCUT2D eigenvalue weighted by Gasteiger charge is -2.35. The van der Waals surface area contributed by atoms with Gasteiger partial charge in [0.1, 0.15) is 0 Å². The summed E-state index contributed by atoms with van der Waals surface area (Å²) in [6.45, 7) is 7.88. The molecule has 3 unspecified atom stereocenters. The fraction of sp³-hybridized carbons (Fsp3) is 0.520. The lowest BCUT2D eigenvalue weighted by atomic mass is 10.0. The molecule has 2 saturated heterocycles. The summed E-state index contributed by atoms with van der Waals surface area (Å²) in [6, 6.07) is 12.4. The highest BCUT2D eigenvalue weighted by molar-refractivity contribution is 5.94. The van der Waals surface area contributed by atoms with Gasteiger partial charge in [-0.25, -0.2) is 0 Å². The summed E-state index contributed by atoms with van der Waals surface area (Å²) in [6.07, 6.45) is 8.61. The van der Waals surface area contributed by atoms with E-state index in [1.54, 1.807) is 0 Å². The van der Waals surface area contributed by atoms with Gasteiger partial charge < -0.3 is 9.64 Å². The summed E-state index contributed by atoms with van der Waals surface area (Å²) in [7, 11) is 0. The minimum atomic E-state index is 0.138. The van der Waals surface area contributed by atoms with Gasteiger partial charge in [0.25, 0.3) is 5.91 Å². The Bertz CT molecular complexity index is 814. The van der Waals surface area contributed by atoms with Crippen molar-refractivity contribution in [3.8, 4) is 0 Å². The molecule has 1 aromatic heterocycles. The summed E-state index contributed by atoms with van der Waals surface area (Å²) < 4.78 is 5.83. The maximum Gasteiger partial charge on any atom is 0.254 e. The lowest BCUT2D eigenvalue weighted by Crippen LogP contribution is -2.44. The van der Waals surface area contributed by atoms with Crippen LogP contribution >= 0.6 is 0 Å². The fourth-order valence-corrected chi connectivity index (χ4v) is 4.87. The van der Waals surface area contributed by atoms with E-state index < -0.39 is 0 Å². The maximum absolute atomic E-state index is 13.4. The molecule has 4 rings (SSSR count). The quantitative estimate of drug-likeness (QED) is 0.751. The highest BCUT2D eigenvalue weighted by Crippen LogP contribution is 2.31. The maximum atomic E-state index is 13.4. The number of nitrogens with zero attached hydrogens (tertiary/aromatic N) is 3. The number of ether oxygens (including phenoxy) is 1. The molecule has 3 heterocycles. The number of carbonyl (C=O) groups excluding carboxylic acids is 1. The number of pyridine rings is 1. The molecule has 0 spiro atoms. The van der Waals surface area contributed by atoms with Crippen molar-refractivity contribution in [2.24, 2.45) is 0 Å². The van der Waals surface area contributed by atoms with Crippen molar-refractivity contribution in [2.75, 3.05) is 19.6 Å². The summed E-state index contributed by atoms with van der Waals surface area (Å²) in [5, 5.41) is 0. The van der Waals surface area contributed by atoms with E-state index in [2.05, 4.69) is 40.8 Å². The normalized spacial score (nSPS) is 25.7. The largest absolute Gasteiger partial charge is 0.373 e. The molecule has 5 heteroatoms. The number of carbonyl (C=O) groups is 1. The van der Waals surface area contributed by atoms with Gasteiger partial charge in [0, 0.05) is 44.1 Å². The van der Waals surface area contributed by atoms with Crippen LogP contribution in [0.3, 0.4) is 0 Å². The highest BCUT2D eigenvalue weighted by atomic mass is 16.5. The van der Waals surface area contributed by atoms with Gasteiger partial charge in [0.15, 0.2) is 0 Å². The molecule has 2 fully saturated rings. The van der Waals surface area contributed by atoms with Crippen molar-refractivity contribution in [1.29, 1.82) is 0 Å². The van der Waals surface area contributed by atoms with E-state index >= 15 is 0 Å². The van der Waals surface area contributed by atoms with Gasteiger partial charge in [-0.1, -0.05) is 25.0 Å². The first-order valence-corrected chi connectivity index (χ1v) is 11.3. The molecular weight excluding hydrogens is 374 g/mol. The predicted octanol–water partition coefficient (Wildman–Crippen LogP) is 4.45. The van der Waals surface area contributed by atoms with Crippen LogP contribution in [0.2, 0.25) is 0 Å². The first kappa shape index (κ1) is 21.0. The van der Waals surface area contributed by atoms with Crippen LogP contribution in [0.1, 0.15) is 67.1 Å². The van der Waals surface area contributed by atoms with Gasteiger partial charge in [0.05, 0.1) is 18.2 Å². The van der Waals surface area contributed by atoms with Gasteiger partial charge in [-0.3, -0.25) is 14.7 Å². The SMILES string of the molecule is CC1CN(Cc2ccc(C(=O)N3CCCCCC3c3ccncc3)cc2)CC(C)O1. The van der Waals surface area contributed by atoms with Crippen LogP contribution in [0.25, 0.3) is 0 Å².